The first kappa shape index (κ1) is 9.69. The molecule has 0 amide bonds. The molecule has 2 N–H and O–H groups in total. The van der Waals surface area contributed by atoms with E-state index in [2.05, 4.69) is 20.2 Å². The van der Waals surface area contributed by atoms with Crippen LogP contribution in [0.5, 0.6) is 0 Å². The molecule has 0 atom stereocenters. The van der Waals surface area contributed by atoms with E-state index in [0.717, 1.165) is 5.56 Å². The van der Waals surface area contributed by atoms with Gasteiger partial charge >= 0.3 is 5.69 Å². The molecule has 0 aromatic carbocycles. The van der Waals surface area contributed by atoms with Crippen molar-refractivity contribution < 1.29 is 9.78 Å². The van der Waals surface area contributed by atoms with Gasteiger partial charge in [0.05, 0.1) is 7.11 Å². The summed E-state index contributed by atoms with van der Waals surface area (Å²) in [5.74, 6) is 0.581. The Hall–Kier alpha value is -1.40. The lowest BCUT2D eigenvalue weighted by Crippen LogP contribution is -2.14. The van der Waals surface area contributed by atoms with Crippen LogP contribution in [-0.4, -0.2) is 24.1 Å². The van der Waals surface area contributed by atoms with Gasteiger partial charge in [0.1, 0.15) is 12.4 Å². The smallest absolute Gasteiger partial charge is 0.346 e. The molecule has 0 bridgehead atoms. The lowest BCUT2D eigenvalue weighted by Gasteiger charge is -2.05. The van der Waals surface area contributed by atoms with Crippen LogP contribution in [0.3, 0.4) is 0 Å². The fourth-order valence-corrected chi connectivity index (χ4v) is 0.875. The third kappa shape index (κ3) is 2.53. The summed E-state index contributed by atoms with van der Waals surface area (Å²) in [6.07, 6.45) is 1.43. The summed E-state index contributed by atoms with van der Waals surface area (Å²) in [5.41, 5.74) is 0.328. The van der Waals surface area contributed by atoms with Crippen LogP contribution < -0.4 is 11.0 Å². The van der Waals surface area contributed by atoms with Gasteiger partial charge < -0.3 is 5.32 Å². The Bertz CT molecular complexity index is 323. The van der Waals surface area contributed by atoms with E-state index in [-0.39, 0.29) is 6.61 Å². The SMILES string of the molecule is CNc1[nH]c(=O)ncc1COOC. The highest BCUT2D eigenvalue weighted by Gasteiger charge is 2.02. The number of rotatable bonds is 4. The van der Waals surface area contributed by atoms with Crippen LogP contribution in [0.15, 0.2) is 11.0 Å². The minimum Gasteiger partial charge on any atom is -0.374 e. The number of nitrogens with zero attached hydrogens (tertiary/aromatic N) is 1. The summed E-state index contributed by atoms with van der Waals surface area (Å²) in [4.78, 5) is 26.0. The second kappa shape index (κ2) is 4.58. The summed E-state index contributed by atoms with van der Waals surface area (Å²) < 4.78 is 0. The minimum absolute atomic E-state index is 0.233. The van der Waals surface area contributed by atoms with Crippen LogP contribution >= 0.6 is 0 Å². The third-order valence-corrected chi connectivity index (χ3v) is 1.47. The Kier molecular flexibility index (Phi) is 3.41. The zero-order valence-electron chi connectivity index (χ0n) is 7.46. The van der Waals surface area contributed by atoms with E-state index in [4.69, 9.17) is 4.89 Å². The standard InChI is InChI=1S/C7H11N3O3/c1-8-6-5(4-13-12-2)3-9-7(11)10-6/h3H,4H2,1-2H3,(H2,8,9,10,11). The fourth-order valence-electron chi connectivity index (χ4n) is 0.875. The molecule has 6 nitrogen and oxygen atoms in total. The minimum atomic E-state index is -0.398. The van der Waals surface area contributed by atoms with Crippen molar-refractivity contribution in [3.05, 3.63) is 22.2 Å². The molecule has 1 rings (SSSR count). The second-order valence-corrected chi connectivity index (χ2v) is 2.27. The maximum absolute atomic E-state index is 10.8. The van der Waals surface area contributed by atoms with E-state index in [1.807, 2.05) is 0 Å². The normalized spacial score (nSPS) is 10.0. The topological polar surface area (TPSA) is 76.2 Å². The Morgan fingerprint density at radius 1 is 1.69 bits per heavy atom. The molecule has 1 heterocycles. The van der Waals surface area contributed by atoms with Crippen molar-refractivity contribution in [3.63, 3.8) is 0 Å². The fraction of sp³-hybridized carbons (Fsp3) is 0.429. The van der Waals surface area contributed by atoms with Crippen molar-refractivity contribution in [3.8, 4) is 0 Å². The monoisotopic (exact) mass is 185 g/mol. The van der Waals surface area contributed by atoms with Gasteiger partial charge in [-0.05, 0) is 0 Å². The van der Waals surface area contributed by atoms with Crippen LogP contribution in [0.1, 0.15) is 5.56 Å². The molecule has 0 fully saturated rings. The molecule has 0 unspecified atom stereocenters. The number of anilines is 1. The van der Waals surface area contributed by atoms with Gasteiger partial charge in [-0.15, -0.1) is 0 Å². The Morgan fingerprint density at radius 3 is 3.08 bits per heavy atom. The Morgan fingerprint density at radius 2 is 2.46 bits per heavy atom. The lowest BCUT2D eigenvalue weighted by atomic mass is 10.3. The first-order valence-corrected chi connectivity index (χ1v) is 3.69. The van der Waals surface area contributed by atoms with Crippen LogP contribution in [-0.2, 0) is 16.4 Å². The predicted molar refractivity (Wildman–Crippen MR) is 46.2 cm³/mol. The molecular weight excluding hydrogens is 174 g/mol. The van der Waals surface area contributed by atoms with Crippen molar-refractivity contribution in [2.24, 2.45) is 0 Å². The van der Waals surface area contributed by atoms with Crippen molar-refractivity contribution in [2.75, 3.05) is 19.5 Å². The zero-order valence-corrected chi connectivity index (χ0v) is 7.46. The summed E-state index contributed by atoms with van der Waals surface area (Å²) in [7, 11) is 3.11. The number of H-pyrrole nitrogens is 1. The molecule has 0 spiro atoms. The first-order chi connectivity index (χ1) is 6.27. The maximum Gasteiger partial charge on any atom is 0.346 e. The van der Waals surface area contributed by atoms with E-state index in [1.54, 1.807) is 7.05 Å². The average molecular weight is 185 g/mol. The van der Waals surface area contributed by atoms with Crippen LogP contribution in [0.25, 0.3) is 0 Å². The number of hydrogen-bond donors (Lipinski definition) is 2. The Balaban J connectivity index is 2.86. The predicted octanol–water partition coefficient (Wildman–Crippen LogP) is -0.110. The van der Waals surface area contributed by atoms with Gasteiger partial charge in [-0.25, -0.2) is 19.6 Å². The molecule has 72 valence electrons. The number of aromatic amines is 1. The summed E-state index contributed by atoms with van der Waals surface area (Å²) >= 11 is 0. The van der Waals surface area contributed by atoms with E-state index in [9.17, 15) is 4.79 Å². The average Bonchev–Trinajstić information content (AvgIpc) is 2.16. The summed E-state index contributed by atoms with van der Waals surface area (Å²) in [6.45, 7) is 0.233. The van der Waals surface area contributed by atoms with Crippen molar-refractivity contribution in [2.45, 2.75) is 6.61 Å². The van der Waals surface area contributed by atoms with Crippen molar-refractivity contribution in [1.29, 1.82) is 0 Å². The number of hydrogen-bond acceptors (Lipinski definition) is 5. The highest BCUT2D eigenvalue weighted by molar-refractivity contribution is 5.40. The number of aromatic nitrogens is 2. The van der Waals surface area contributed by atoms with Crippen molar-refractivity contribution in [1.82, 2.24) is 9.97 Å². The molecule has 1 aromatic rings. The van der Waals surface area contributed by atoms with E-state index in [0.29, 0.717) is 5.82 Å². The van der Waals surface area contributed by atoms with Gasteiger partial charge in [0.15, 0.2) is 0 Å². The van der Waals surface area contributed by atoms with Gasteiger partial charge in [0.2, 0.25) is 0 Å². The molecular formula is C7H11N3O3. The van der Waals surface area contributed by atoms with Gasteiger partial charge in [0, 0.05) is 18.8 Å². The van der Waals surface area contributed by atoms with Crippen LogP contribution in [0.4, 0.5) is 5.82 Å². The number of nitrogens with one attached hydrogen (secondary N) is 2. The summed E-state index contributed by atoms with van der Waals surface area (Å²) in [6, 6.07) is 0. The quantitative estimate of drug-likeness (QED) is 0.505. The van der Waals surface area contributed by atoms with Crippen molar-refractivity contribution >= 4 is 5.82 Å². The first-order valence-electron chi connectivity index (χ1n) is 3.69. The Labute approximate surface area is 74.8 Å². The highest BCUT2D eigenvalue weighted by Crippen LogP contribution is 2.08. The van der Waals surface area contributed by atoms with E-state index < -0.39 is 5.69 Å². The largest absolute Gasteiger partial charge is 0.374 e. The lowest BCUT2D eigenvalue weighted by molar-refractivity contribution is -0.282. The van der Waals surface area contributed by atoms with Crippen LogP contribution in [0, 0.1) is 0 Å². The van der Waals surface area contributed by atoms with E-state index in [1.165, 1.54) is 13.3 Å². The molecule has 0 saturated carbocycles. The molecule has 0 aliphatic carbocycles. The second-order valence-electron chi connectivity index (χ2n) is 2.27. The zero-order chi connectivity index (χ0) is 9.68. The highest BCUT2D eigenvalue weighted by atomic mass is 17.2. The molecule has 13 heavy (non-hydrogen) atoms. The molecule has 6 heteroatoms. The molecule has 0 saturated heterocycles. The molecule has 0 aliphatic rings. The summed E-state index contributed by atoms with van der Waals surface area (Å²) in [5, 5.41) is 2.81. The van der Waals surface area contributed by atoms with Crippen LogP contribution in [0.2, 0.25) is 0 Å². The third-order valence-electron chi connectivity index (χ3n) is 1.47. The maximum atomic E-state index is 10.8. The van der Waals surface area contributed by atoms with Gasteiger partial charge in [0.25, 0.3) is 0 Å². The van der Waals surface area contributed by atoms with E-state index >= 15 is 0 Å². The molecule has 0 aliphatic heterocycles. The molecule has 1 aromatic heterocycles. The molecule has 0 radical (unpaired) electrons. The van der Waals surface area contributed by atoms with Gasteiger partial charge in [-0.2, -0.15) is 0 Å². The van der Waals surface area contributed by atoms with Gasteiger partial charge in [-0.1, -0.05) is 0 Å². The van der Waals surface area contributed by atoms with Gasteiger partial charge in [-0.3, -0.25) is 4.98 Å².